The second-order valence-corrected chi connectivity index (χ2v) is 4.65. The number of hydrogen-bond donors (Lipinski definition) is 3. The molecule has 2 unspecified atom stereocenters. The van der Waals surface area contributed by atoms with Crippen LogP contribution in [-0.2, 0) is 14.3 Å². The average molecular weight is 258 g/mol. The number of carbonyl (C=O) groups is 2. The molecule has 0 aromatic rings. The topological polar surface area (TPSA) is 102 Å². The van der Waals surface area contributed by atoms with Gasteiger partial charge in [0.05, 0.1) is 12.5 Å². The Morgan fingerprint density at radius 3 is 2.72 bits per heavy atom. The maximum atomic E-state index is 11.9. The SMILES string of the molecule is NC1CCCCCC1C(=O)NCCOCC(=O)O. The summed E-state index contributed by atoms with van der Waals surface area (Å²) in [5.74, 6) is -1.16. The second-order valence-electron chi connectivity index (χ2n) is 4.65. The van der Waals surface area contributed by atoms with Gasteiger partial charge in [0.1, 0.15) is 6.61 Å². The predicted molar refractivity (Wildman–Crippen MR) is 66.0 cm³/mol. The second kappa shape index (κ2) is 8.05. The smallest absolute Gasteiger partial charge is 0.329 e. The Hall–Kier alpha value is -1.14. The lowest BCUT2D eigenvalue weighted by Crippen LogP contribution is -2.42. The number of nitrogens with one attached hydrogen (secondary N) is 1. The lowest BCUT2D eigenvalue weighted by atomic mass is 9.95. The normalized spacial score (nSPS) is 24.3. The van der Waals surface area contributed by atoms with Crippen molar-refractivity contribution in [2.45, 2.75) is 38.1 Å². The highest BCUT2D eigenvalue weighted by Gasteiger charge is 2.26. The van der Waals surface area contributed by atoms with Crippen molar-refractivity contribution in [3.8, 4) is 0 Å². The van der Waals surface area contributed by atoms with Crippen molar-refractivity contribution in [3.05, 3.63) is 0 Å². The quantitative estimate of drug-likeness (QED) is 0.463. The Morgan fingerprint density at radius 2 is 2.00 bits per heavy atom. The molecule has 0 aliphatic heterocycles. The molecule has 2 atom stereocenters. The molecule has 1 saturated carbocycles. The average Bonchev–Trinajstić information content (AvgIpc) is 2.53. The molecule has 18 heavy (non-hydrogen) atoms. The van der Waals surface area contributed by atoms with Crippen LogP contribution >= 0.6 is 0 Å². The van der Waals surface area contributed by atoms with Crippen LogP contribution < -0.4 is 11.1 Å². The van der Waals surface area contributed by atoms with E-state index in [0.717, 1.165) is 32.1 Å². The van der Waals surface area contributed by atoms with Crippen LogP contribution in [0, 0.1) is 5.92 Å². The number of nitrogens with two attached hydrogens (primary N) is 1. The van der Waals surface area contributed by atoms with Gasteiger partial charge in [-0.3, -0.25) is 4.79 Å². The van der Waals surface area contributed by atoms with Crippen molar-refractivity contribution in [1.29, 1.82) is 0 Å². The summed E-state index contributed by atoms with van der Waals surface area (Å²) in [6, 6.07) is -0.0626. The lowest BCUT2D eigenvalue weighted by molar-refractivity contribution is -0.142. The highest BCUT2D eigenvalue weighted by Crippen LogP contribution is 2.22. The molecule has 6 heteroatoms. The third-order valence-corrected chi connectivity index (χ3v) is 3.18. The van der Waals surface area contributed by atoms with Gasteiger partial charge in [0.2, 0.25) is 5.91 Å². The van der Waals surface area contributed by atoms with E-state index in [-0.39, 0.29) is 31.1 Å². The fraction of sp³-hybridized carbons (Fsp3) is 0.833. The van der Waals surface area contributed by atoms with Crippen LogP contribution in [0.15, 0.2) is 0 Å². The first-order chi connectivity index (χ1) is 8.61. The summed E-state index contributed by atoms with van der Waals surface area (Å²) < 4.78 is 4.84. The summed E-state index contributed by atoms with van der Waals surface area (Å²) in [5.41, 5.74) is 5.98. The molecule has 1 fully saturated rings. The van der Waals surface area contributed by atoms with E-state index in [1.807, 2.05) is 0 Å². The fourth-order valence-corrected chi connectivity index (χ4v) is 2.20. The van der Waals surface area contributed by atoms with Crippen LogP contribution in [0.4, 0.5) is 0 Å². The fourth-order valence-electron chi connectivity index (χ4n) is 2.20. The molecule has 4 N–H and O–H groups in total. The van der Waals surface area contributed by atoms with Crippen LogP contribution in [-0.4, -0.2) is 42.8 Å². The Morgan fingerprint density at radius 1 is 1.28 bits per heavy atom. The number of aliphatic carboxylic acids is 1. The van der Waals surface area contributed by atoms with Crippen LogP contribution in [0.3, 0.4) is 0 Å². The summed E-state index contributed by atoms with van der Waals surface area (Å²) in [7, 11) is 0. The van der Waals surface area contributed by atoms with E-state index >= 15 is 0 Å². The number of amides is 1. The summed E-state index contributed by atoms with van der Waals surface area (Å²) >= 11 is 0. The van der Waals surface area contributed by atoms with Gasteiger partial charge in [0.15, 0.2) is 0 Å². The maximum absolute atomic E-state index is 11.9. The first-order valence-corrected chi connectivity index (χ1v) is 6.44. The minimum Gasteiger partial charge on any atom is -0.480 e. The molecule has 0 aromatic carbocycles. The van der Waals surface area contributed by atoms with Gasteiger partial charge in [-0.05, 0) is 12.8 Å². The number of hydrogen-bond acceptors (Lipinski definition) is 4. The molecule has 1 aliphatic carbocycles. The highest BCUT2D eigenvalue weighted by molar-refractivity contribution is 5.79. The van der Waals surface area contributed by atoms with Crippen molar-refractivity contribution in [2.24, 2.45) is 11.7 Å². The van der Waals surface area contributed by atoms with E-state index in [0.29, 0.717) is 6.54 Å². The first-order valence-electron chi connectivity index (χ1n) is 6.44. The molecule has 0 heterocycles. The molecule has 1 rings (SSSR count). The van der Waals surface area contributed by atoms with Gasteiger partial charge in [-0.25, -0.2) is 4.79 Å². The number of ether oxygens (including phenoxy) is 1. The third-order valence-electron chi connectivity index (χ3n) is 3.18. The van der Waals surface area contributed by atoms with Gasteiger partial charge in [-0.15, -0.1) is 0 Å². The van der Waals surface area contributed by atoms with E-state index in [1.54, 1.807) is 0 Å². The van der Waals surface area contributed by atoms with Gasteiger partial charge < -0.3 is 20.9 Å². The molecule has 1 aliphatic rings. The minimum absolute atomic E-state index is 0.0386. The zero-order chi connectivity index (χ0) is 13.4. The molecule has 0 spiro atoms. The summed E-state index contributed by atoms with van der Waals surface area (Å²) in [6.07, 6.45) is 5.00. The molecule has 6 nitrogen and oxygen atoms in total. The summed E-state index contributed by atoms with van der Waals surface area (Å²) in [4.78, 5) is 22.1. The Balaban J connectivity index is 2.20. The molecular weight excluding hydrogens is 236 g/mol. The van der Waals surface area contributed by atoms with Crippen molar-refractivity contribution in [2.75, 3.05) is 19.8 Å². The van der Waals surface area contributed by atoms with Gasteiger partial charge in [-0.1, -0.05) is 19.3 Å². The first kappa shape index (κ1) is 14.9. The number of carbonyl (C=O) groups excluding carboxylic acids is 1. The monoisotopic (exact) mass is 258 g/mol. The molecule has 0 aromatic heterocycles. The van der Waals surface area contributed by atoms with E-state index in [2.05, 4.69) is 5.32 Å². The molecule has 0 saturated heterocycles. The van der Waals surface area contributed by atoms with Crippen molar-refractivity contribution >= 4 is 11.9 Å². The molecule has 0 bridgehead atoms. The van der Waals surface area contributed by atoms with E-state index in [9.17, 15) is 9.59 Å². The van der Waals surface area contributed by atoms with E-state index in [1.165, 1.54) is 0 Å². The van der Waals surface area contributed by atoms with Gasteiger partial charge in [-0.2, -0.15) is 0 Å². The van der Waals surface area contributed by atoms with Crippen LogP contribution in [0.25, 0.3) is 0 Å². The van der Waals surface area contributed by atoms with E-state index < -0.39 is 5.97 Å². The van der Waals surface area contributed by atoms with Gasteiger partial charge in [0.25, 0.3) is 0 Å². The van der Waals surface area contributed by atoms with Crippen molar-refractivity contribution in [1.82, 2.24) is 5.32 Å². The highest BCUT2D eigenvalue weighted by atomic mass is 16.5. The van der Waals surface area contributed by atoms with Crippen LogP contribution in [0.5, 0.6) is 0 Å². The number of rotatable bonds is 6. The lowest BCUT2D eigenvalue weighted by Gasteiger charge is -2.20. The predicted octanol–water partition coefficient (Wildman–Crippen LogP) is 0.111. The molecule has 0 radical (unpaired) electrons. The van der Waals surface area contributed by atoms with Gasteiger partial charge >= 0.3 is 5.97 Å². The maximum Gasteiger partial charge on any atom is 0.329 e. The van der Waals surface area contributed by atoms with Crippen molar-refractivity contribution < 1.29 is 19.4 Å². The molecule has 104 valence electrons. The number of carboxylic acids is 1. The zero-order valence-corrected chi connectivity index (χ0v) is 10.6. The number of carboxylic acid groups (broad SMARTS) is 1. The van der Waals surface area contributed by atoms with Crippen molar-refractivity contribution in [3.63, 3.8) is 0 Å². The van der Waals surface area contributed by atoms with Gasteiger partial charge in [0, 0.05) is 12.6 Å². The summed E-state index contributed by atoms with van der Waals surface area (Å²) in [6.45, 7) is 0.203. The largest absolute Gasteiger partial charge is 0.480 e. The Kier molecular flexibility index (Phi) is 6.67. The van der Waals surface area contributed by atoms with Crippen LogP contribution in [0.1, 0.15) is 32.1 Å². The summed E-state index contributed by atoms with van der Waals surface area (Å²) in [5, 5.41) is 11.1. The molecule has 1 amide bonds. The van der Waals surface area contributed by atoms with Crippen LogP contribution in [0.2, 0.25) is 0 Å². The minimum atomic E-state index is -1.01. The third kappa shape index (κ3) is 5.46. The zero-order valence-electron chi connectivity index (χ0n) is 10.6. The Bertz CT molecular complexity index is 283. The Labute approximate surface area is 107 Å². The molecular formula is C12H22N2O4. The standard InChI is InChI=1S/C12H22N2O4/c13-10-5-3-1-2-4-9(10)12(17)14-6-7-18-8-11(15)16/h9-10H,1-8,13H2,(H,14,17)(H,15,16). The van der Waals surface area contributed by atoms with E-state index in [4.69, 9.17) is 15.6 Å².